The number of ketones is 1. The lowest BCUT2D eigenvalue weighted by molar-refractivity contribution is -0.120. The van der Waals surface area contributed by atoms with Crippen molar-refractivity contribution >= 4 is 21.7 Å². The lowest BCUT2D eigenvalue weighted by Crippen LogP contribution is -2.15. The van der Waals surface area contributed by atoms with Crippen LogP contribution in [0.3, 0.4) is 0 Å². The van der Waals surface area contributed by atoms with E-state index in [1.54, 1.807) is 0 Å². The van der Waals surface area contributed by atoms with Crippen LogP contribution in [0.2, 0.25) is 0 Å². The molecule has 0 spiro atoms. The van der Waals surface area contributed by atoms with Crippen molar-refractivity contribution in [2.45, 2.75) is 51.9 Å². The maximum absolute atomic E-state index is 11.6. The minimum absolute atomic E-state index is 0.347. The molecule has 0 heterocycles. The van der Waals surface area contributed by atoms with Crippen molar-refractivity contribution < 1.29 is 4.79 Å². The molecule has 1 fully saturated rings. The Hall–Kier alpha value is 0.150. The van der Waals surface area contributed by atoms with Gasteiger partial charge in [-0.05, 0) is 18.8 Å². The van der Waals surface area contributed by atoms with Gasteiger partial charge in [-0.3, -0.25) is 4.79 Å². The molecule has 2 unspecified atom stereocenters. The molecule has 2 heteroatoms. The predicted molar refractivity (Wildman–Crippen MR) is 63.8 cm³/mol. The molecule has 0 aromatic heterocycles. The van der Waals surface area contributed by atoms with Gasteiger partial charge in [0.1, 0.15) is 5.78 Å². The molecular formula is C12H21BrO. The van der Waals surface area contributed by atoms with E-state index in [1.165, 1.54) is 32.1 Å². The molecule has 82 valence electrons. The van der Waals surface area contributed by atoms with Crippen LogP contribution in [-0.4, -0.2) is 11.1 Å². The van der Waals surface area contributed by atoms with Crippen molar-refractivity contribution in [3.05, 3.63) is 0 Å². The molecule has 1 rings (SSSR count). The summed E-state index contributed by atoms with van der Waals surface area (Å²) in [4.78, 5) is 11.6. The first-order chi connectivity index (χ1) is 6.74. The minimum Gasteiger partial charge on any atom is -0.298 e. The van der Waals surface area contributed by atoms with Crippen LogP contribution >= 0.6 is 15.9 Å². The molecule has 0 aromatic carbocycles. The molecule has 1 aliphatic rings. The monoisotopic (exact) mass is 260 g/mol. The number of alkyl halides is 1. The molecule has 1 nitrogen and oxygen atoms in total. The van der Waals surface area contributed by atoms with Gasteiger partial charge in [-0.25, -0.2) is 0 Å². The van der Waals surface area contributed by atoms with E-state index in [2.05, 4.69) is 22.9 Å². The molecule has 14 heavy (non-hydrogen) atoms. The van der Waals surface area contributed by atoms with Crippen molar-refractivity contribution in [2.24, 2.45) is 11.8 Å². The zero-order chi connectivity index (χ0) is 10.4. The molecule has 0 aliphatic heterocycles. The van der Waals surface area contributed by atoms with Crippen LogP contribution in [0.15, 0.2) is 0 Å². The molecule has 0 N–H and O–H groups in total. The van der Waals surface area contributed by atoms with Gasteiger partial charge >= 0.3 is 0 Å². The van der Waals surface area contributed by atoms with E-state index in [-0.39, 0.29) is 0 Å². The van der Waals surface area contributed by atoms with Crippen LogP contribution in [0.25, 0.3) is 0 Å². The Balaban J connectivity index is 2.40. The lowest BCUT2D eigenvalue weighted by atomic mass is 9.93. The maximum atomic E-state index is 11.6. The summed E-state index contributed by atoms with van der Waals surface area (Å²) < 4.78 is 0. The Bertz CT molecular complexity index is 179. The SMILES string of the molecule is CC1CCCCC(C(=O)CBr)CCC1. The van der Waals surface area contributed by atoms with Crippen LogP contribution in [0.1, 0.15) is 51.9 Å². The van der Waals surface area contributed by atoms with Crippen LogP contribution in [0, 0.1) is 11.8 Å². The third-order valence-corrected chi connectivity index (χ3v) is 3.89. The maximum Gasteiger partial charge on any atom is 0.146 e. The first kappa shape index (κ1) is 12.2. The Morgan fingerprint density at radius 1 is 1.14 bits per heavy atom. The summed E-state index contributed by atoms with van der Waals surface area (Å²) in [5.41, 5.74) is 0. The fourth-order valence-electron chi connectivity index (χ4n) is 2.32. The molecule has 0 amide bonds. The highest BCUT2D eigenvalue weighted by atomic mass is 79.9. The van der Waals surface area contributed by atoms with E-state index in [9.17, 15) is 4.79 Å². The summed E-state index contributed by atoms with van der Waals surface area (Å²) in [7, 11) is 0. The Morgan fingerprint density at radius 2 is 1.71 bits per heavy atom. The van der Waals surface area contributed by atoms with Gasteiger partial charge in [0, 0.05) is 5.92 Å². The molecule has 1 saturated carbocycles. The normalized spacial score (nSPS) is 30.1. The lowest BCUT2D eigenvalue weighted by Gasteiger charge is -2.12. The number of carbonyl (C=O) groups is 1. The van der Waals surface area contributed by atoms with Gasteiger partial charge in [0.2, 0.25) is 0 Å². The summed E-state index contributed by atoms with van der Waals surface area (Å²) >= 11 is 3.28. The van der Waals surface area contributed by atoms with Crippen molar-refractivity contribution in [3.8, 4) is 0 Å². The fourth-order valence-corrected chi connectivity index (χ4v) is 2.77. The van der Waals surface area contributed by atoms with Crippen molar-refractivity contribution in [3.63, 3.8) is 0 Å². The highest BCUT2D eigenvalue weighted by Crippen LogP contribution is 2.25. The van der Waals surface area contributed by atoms with Crippen molar-refractivity contribution in [1.82, 2.24) is 0 Å². The number of hydrogen-bond acceptors (Lipinski definition) is 1. The quantitative estimate of drug-likeness (QED) is 0.688. The van der Waals surface area contributed by atoms with Gasteiger partial charge in [0.15, 0.2) is 0 Å². The summed E-state index contributed by atoms with van der Waals surface area (Å²) in [5, 5.41) is 0.549. The van der Waals surface area contributed by atoms with E-state index in [4.69, 9.17) is 0 Å². The van der Waals surface area contributed by atoms with E-state index in [0.29, 0.717) is 17.0 Å². The third kappa shape index (κ3) is 4.12. The van der Waals surface area contributed by atoms with Crippen LogP contribution in [0.4, 0.5) is 0 Å². The van der Waals surface area contributed by atoms with E-state index in [1.807, 2.05) is 0 Å². The minimum atomic E-state index is 0.347. The fraction of sp³-hybridized carbons (Fsp3) is 0.917. The Labute approximate surface area is 95.8 Å². The average Bonchev–Trinajstić information content (AvgIpc) is 2.29. The summed E-state index contributed by atoms with van der Waals surface area (Å²) in [6.07, 6.45) is 8.71. The zero-order valence-electron chi connectivity index (χ0n) is 9.10. The van der Waals surface area contributed by atoms with Gasteiger partial charge in [-0.15, -0.1) is 0 Å². The van der Waals surface area contributed by atoms with E-state index < -0.39 is 0 Å². The second-order valence-electron chi connectivity index (χ2n) is 4.62. The zero-order valence-corrected chi connectivity index (χ0v) is 10.7. The van der Waals surface area contributed by atoms with Gasteiger partial charge in [-0.2, -0.15) is 0 Å². The molecule has 1 aliphatic carbocycles. The van der Waals surface area contributed by atoms with Gasteiger partial charge in [0.05, 0.1) is 5.33 Å². The highest BCUT2D eigenvalue weighted by molar-refractivity contribution is 9.09. The number of rotatable bonds is 2. The molecule has 0 saturated heterocycles. The predicted octanol–water partition coefficient (Wildman–Crippen LogP) is 3.95. The molecule has 0 aromatic rings. The Morgan fingerprint density at radius 3 is 2.43 bits per heavy atom. The smallest absolute Gasteiger partial charge is 0.146 e. The van der Waals surface area contributed by atoms with E-state index >= 15 is 0 Å². The second-order valence-corrected chi connectivity index (χ2v) is 5.18. The summed E-state index contributed by atoms with van der Waals surface area (Å²) in [6.45, 7) is 2.34. The first-order valence-electron chi connectivity index (χ1n) is 5.82. The highest BCUT2D eigenvalue weighted by Gasteiger charge is 2.18. The average molecular weight is 261 g/mol. The second kappa shape index (κ2) is 6.60. The first-order valence-corrected chi connectivity index (χ1v) is 6.95. The third-order valence-electron chi connectivity index (χ3n) is 3.34. The largest absolute Gasteiger partial charge is 0.298 e. The van der Waals surface area contributed by atoms with Crippen LogP contribution < -0.4 is 0 Å². The van der Waals surface area contributed by atoms with Crippen LogP contribution in [-0.2, 0) is 4.79 Å². The Kier molecular flexibility index (Phi) is 5.76. The standard InChI is InChI=1S/C12H21BrO/c1-10-5-2-3-7-11(8-4-6-10)12(14)9-13/h10-11H,2-9H2,1H3. The molecule has 0 radical (unpaired) electrons. The molecular weight excluding hydrogens is 240 g/mol. The molecule has 0 bridgehead atoms. The van der Waals surface area contributed by atoms with Gasteiger partial charge < -0.3 is 0 Å². The number of halogens is 1. The van der Waals surface area contributed by atoms with Gasteiger partial charge in [-0.1, -0.05) is 55.0 Å². The van der Waals surface area contributed by atoms with Crippen molar-refractivity contribution in [2.75, 3.05) is 5.33 Å². The van der Waals surface area contributed by atoms with E-state index in [0.717, 1.165) is 18.8 Å². The summed E-state index contributed by atoms with van der Waals surface area (Å²) in [6, 6.07) is 0. The summed E-state index contributed by atoms with van der Waals surface area (Å²) in [5.74, 6) is 1.63. The number of carbonyl (C=O) groups excluding carboxylic acids is 1. The topological polar surface area (TPSA) is 17.1 Å². The molecule has 2 atom stereocenters. The number of Topliss-reactive ketones (excluding diaryl/α,β-unsaturated/α-hetero) is 1. The number of hydrogen-bond donors (Lipinski definition) is 0. The van der Waals surface area contributed by atoms with Gasteiger partial charge in [0.25, 0.3) is 0 Å². The van der Waals surface area contributed by atoms with Crippen LogP contribution in [0.5, 0.6) is 0 Å². The van der Waals surface area contributed by atoms with Crippen molar-refractivity contribution in [1.29, 1.82) is 0 Å².